The Labute approximate surface area is 173 Å². The topological polar surface area (TPSA) is 86.7 Å². The maximum atomic E-state index is 12.6. The fourth-order valence-corrected chi connectivity index (χ4v) is 6.04. The van der Waals surface area contributed by atoms with Crippen LogP contribution in [-0.2, 0) is 10.0 Å². The number of nitrogens with zero attached hydrogens (tertiary/aromatic N) is 1. The number of aliphatic hydroxyl groups excluding tert-OH is 1. The van der Waals surface area contributed by atoms with Crippen LogP contribution in [0.25, 0.3) is 10.1 Å². The van der Waals surface area contributed by atoms with E-state index in [2.05, 4.69) is 5.32 Å². The van der Waals surface area contributed by atoms with Crippen LogP contribution in [0.3, 0.4) is 0 Å². The van der Waals surface area contributed by atoms with Gasteiger partial charge >= 0.3 is 0 Å². The number of carbonyl (C=O) groups is 1. The number of rotatable bonds is 6. The Morgan fingerprint density at radius 3 is 2.52 bits per heavy atom. The van der Waals surface area contributed by atoms with Gasteiger partial charge < -0.3 is 10.4 Å². The van der Waals surface area contributed by atoms with Crippen LogP contribution in [0.15, 0.2) is 58.8 Å². The third-order valence-corrected chi connectivity index (χ3v) is 8.04. The van der Waals surface area contributed by atoms with Crippen LogP contribution >= 0.6 is 11.3 Å². The van der Waals surface area contributed by atoms with Crippen molar-refractivity contribution in [1.29, 1.82) is 0 Å². The summed E-state index contributed by atoms with van der Waals surface area (Å²) in [5.41, 5.74) is 1.14. The van der Waals surface area contributed by atoms with Gasteiger partial charge in [0.05, 0.1) is 11.0 Å². The zero-order valence-corrected chi connectivity index (χ0v) is 17.4. The number of hydrogen-bond acceptors (Lipinski definition) is 5. The van der Waals surface area contributed by atoms with Crippen molar-refractivity contribution < 1.29 is 18.3 Å². The molecule has 1 saturated heterocycles. The molecular weight excluding hydrogens is 408 g/mol. The molecule has 2 N–H and O–H groups in total. The first-order chi connectivity index (χ1) is 14.0. The van der Waals surface area contributed by atoms with E-state index in [9.17, 15) is 18.3 Å². The van der Waals surface area contributed by atoms with Gasteiger partial charge in [0, 0.05) is 35.5 Å². The quantitative estimate of drug-likeness (QED) is 0.629. The van der Waals surface area contributed by atoms with E-state index < -0.39 is 16.1 Å². The number of sulfonamides is 1. The molecule has 1 fully saturated rings. The second kappa shape index (κ2) is 8.23. The molecule has 3 aromatic rings. The van der Waals surface area contributed by atoms with Crippen LogP contribution in [-0.4, -0.2) is 43.4 Å². The maximum Gasteiger partial charge on any atom is 0.251 e. The molecule has 6 nitrogen and oxygen atoms in total. The van der Waals surface area contributed by atoms with Gasteiger partial charge in [-0.1, -0.05) is 18.2 Å². The number of carbonyl (C=O) groups excluding carboxylic acids is 1. The van der Waals surface area contributed by atoms with Crippen LogP contribution in [0.1, 0.15) is 34.9 Å². The first-order valence-electron chi connectivity index (χ1n) is 9.49. The zero-order chi connectivity index (χ0) is 20.4. The van der Waals surface area contributed by atoms with Crippen molar-refractivity contribution in [3.63, 3.8) is 0 Å². The van der Waals surface area contributed by atoms with E-state index in [-0.39, 0.29) is 17.3 Å². The fourth-order valence-electron chi connectivity index (χ4n) is 3.51. The molecule has 1 aliphatic rings. The highest BCUT2D eigenvalue weighted by Crippen LogP contribution is 2.30. The van der Waals surface area contributed by atoms with Crippen LogP contribution in [0.4, 0.5) is 0 Å². The lowest BCUT2D eigenvalue weighted by Gasteiger charge is -2.16. The number of benzene rings is 2. The van der Waals surface area contributed by atoms with E-state index in [1.807, 2.05) is 29.6 Å². The zero-order valence-electron chi connectivity index (χ0n) is 15.7. The highest BCUT2D eigenvalue weighted by Gasteiger charge is 2.27. The Bertz CT molecular complexity index is 1120. The summed E-state index contributed by atoms with van der Waals surface area (Å²) in [4.78, 5) is 12.6. The van der Waals surface area contributed by atoms with Crippen molar-refractivity contribution in [3.8, 4) is 0 Å². The largest absolute Gasteiger partial charge is 0.387 e. The van der Waals surface area contributed by atoms with E-state index in [0.29, 0.717) is 18.7 Å². The van der Waals surface area contributed by atoms with E-state index in [4.69, 9.17) is 0 Å². The van der Waals surface area contributed by atoms with E-state index in [1.54, 1.807) is 11.3 Å². The summed E-state index contributed by atoms with van der Waals surface area (Å²) in [6, 6.07) is 13.7. The molecule has 0 saturated carbocycles. The van der Waals surface area contributed by atoms with Crippen molar-refractivity contribution in [2.45, 2.75) is 23.8 Å². The van der Waals surface area contributed by atoms with Crippen LogP contribution in [0.2, 0.25) is 0 Å². The van der Waals surface area contributed by atoms with Gasteiger partial charge in [-0.3, -0.25) is 4.79 Å². The molecule has 152 valence electrons. The maximum absolute atomic E-state index is 12.6. The van der Waals surface area contributed by atoms with Crippen molar-refractivity contribution in [1.82, 2.24) is 9.62 Å². The predicted octanol–water partition coefficient (Wildman–Crippen LogP) is 3.15. The van der Waals surface area contributed by atoms with Crippen LogP contribution in [0, 0.1) is 0 Å². The average Bonchev–Trinajstić information content (AvgIpc) is 3.42. The molecular formula is C21H22N2O4S2. The number of hydrogen-bond donors (Lipinski definition) is 2. The molecule has 1 aliphatic heterocycles. The van der Waals surface area contributed by atoms with E-state index in [0.717, 1.165) is 28.5 Å². The fraction of sp³-hybridized carbons (Fsp3) is 0.286. The molecule has 1 atom stereocenters. The van der Waals surface area contributed by atoms with Crippen LogP contribution in [0.5, 0.6) is 0 Å². The Kier molecular flexibility index (Phi) is 5.69. The Morgan fingerprint density at radius 1 is 1.10 bits per heavy atom. The van der Waals surface area contributed by atoms with E-state index in [1.165, 1.54) is 28.6 Å². The third kappa shape index (κ3) is 4.06. The highest BCUT2D eigenvalue weighted by atomic mass is 32.2. The van der Waals surface area contributed by atoms with Gasteiger partial charge in [-0.05, 0) is 53.9 Å². The highest BCUT2D eigenvalue weighted by molar-refractivity contribution is 7.89. The van der Waals surface area contributed by atoms with Gasteiger partial charge in [-0.25, -0.2) is 8.42 Å². The van der Waals surface area contributed by atoms with Gasteiger partial charge in [0.25, 0.3) is 5.91 Å². The Balaban J connectivity index is 1.41. The van der Waals surface area contributed by atoms with Crippen molar-refractivity contribution in [2.24, 2.45) is 0 Å². The molecule has 0 bridgehead atoms. The average molecular weight is 431 g/mol. The summed E-state index contributed by atoms with van der Waals surface area (Å²) in [6.45, 7) is 1.16. The van der Waals surface area contributed by atoms with E-state index >= 15 is 0 Å². The summed E-state index contributed by atoms with van der Waals surface area (Å²) in [5.74, 6) is -0.353. The minimum Gasteiger partial charge on any atom is -0.387 e. The standard InChI is InChI=1S/C21H22N2O4S2/c24-19(18-14-28-20-6-2-1-5-17(18)20)13-22-21(25)15-7-9-16(10-8-15)29(26,27)23-11-3-4-12-23/h1-2,5-10,14,19,24H,3-4,11-13H2,(H,22,25)/t19-/m1/s1. The molecule has 1 aromatic heterocycles. The van der Waals surface area contributed by atoms with Crippen molar-refractivity contribution >= 4 is 37.4 Å². The lowest BCUT2D eigenvalue weighted by Crippen LogP contribution is -2.29. The first kappa shape index (κ1) is 20.0. The normalized spacial score (nSPS) is 16.2. The second-order valence-corrected chi connectivity index (χ2v) is 9.90. The number of fused-ring (bicyclic) bond motifs is 1. The van der Waals surface area contributed by atoms with Gasteiger partial charge in [-0.15, -0.1) is 11.3 Å². The molecule has 8 heteroatoms. The number of nitrogens with one attached hydrogen (secondary N) is 1. The summed E-state index contributed by atoms with van der Waals surface area (Å²) < 4.78 is 27.7. The molecule has 29 heavy (non-hydrogen) atoms. The minimum absolute atomic E-state index is 0.0768. The van der Waals surface area contributed by atoms with Gasteiger partial charge in [-0.2, -0.15) is 4.31 Å². The van der Waals surface area contributed by atoms with Gasteiger partial charge in [0.2, 0.25) is 10.0 Å². The molecule has 1 amide bonds. The summed E-state index contributed by atoms with van der Waals surface area (Å²) in [5, 5.41) is 16.1. The second-order valence-electron chi connectivity index (χ2n) is 7.05. The molecule has 0 aliphatic carbocycles. The molecule has 2 aromatic carbocycles. The number of aliphatic hydroxyl groups is 1. The first-order valence-corrected chi connectivity index (χ1v) is 11.8. The predicted molar refractivity (Wildman–Crippen MR) is 114 cm³/mol. The summed E-state index contributed by atoms with van der Waals surface area (Å²) in [6.07, 6.45) is 0.938. The molecule has 2 heterocycles. The molecule has 4 rings (SSSR count). The lowest BCUT2D eigenvalue weighted by molar-refractivity contribution is 0.0917. The third-order valence-electron chi connectivity index (χ3n) is 5.15. The van der Waals surface area contributed by atoms with Crippen LogP contribution < -0.4 is 5.32 Å². The molecule has 0 radical (unpaired) electrons. The van der Waals surface area contributed by atoms with Gasteiger partial charge in [0.15, 0.2) is 0 Å². The Morgan fingerprint density at radius 2 is 1.79 bits per heavy atom. The molecule has 0 unspecified atom stereocenters. The van der Waals surface area contributed by atoms with Crippen molar-refractivity contribution in [2.75, 3.05) is 19.6 Å². The number of amides is 1. The lowest BCUT2D eigenvalue weighted by atomic mass is 10.1. The monoisotopic (exact) mass is 430 g/mol. The van der Waals surface area contributed by atoms with Crippen molar-refractivity contribution in [3.05, 3.63) is 65.0 Å². The molecule has 0 spiro atoms. The SMILES string of the molecule is O=C(NC[C@@H](O)c1csc2ccccc12)c1ccc(S(=O)(=O)N2CCCC2)cc1. The van der Waals surface area contributed by atoms with Gasteiger partial charge in [0.1, 0.15) is 0 Å². The number of thiophene rings is 1. The summed E-state index contributed by atoms with van der Waals surface area (Å²) in [7, 11) is -3.49. The smallest absolute Gasteiger partial charge is 0.251 e. The summed E-state index contributed by atoms with van der Waals surface area (Å²) >= 11 is 1.55. The Hall–Kier alpha value is -2.26. The minimum atomic E-state index is -3.49.